The number of hydrogen-bond donors (Lipinski definition) is 1. The molecule has 1 unspecified atom stereocenters. The van der Waals surface area contributed by atoms with Gasteiger partial charge < -0.3 is 8.92 Å². The maximum atomic E-state index is 13.9. The summed E-state index contributed by atoms with van der Waals surface area (Å²) in [5, 5.41) is 11.5. The summed E-state index contributed by atoms with van der Waals surface area (Å²) in [4.78, 5) is 4.03. The van der Waals surface area contributed by atoms with E-state index in [-0.39, 0.29) is 27.6 Å². The van der Waals surface area contributed by atoms with Gasteiger partial charge in [-0.15, -0.1) is 0 Å². The first-order chi connectivity index (χ1) is 18.0. The minimum Gasteiger partial charge on any atom is -0.494 e. The van der Waals surface area contributed by atoms with E-state index in [2.05, 4.69) is 9.17 Å². The van der Waals surface area contributed by atoms with E-state index in [1.54, 1.807) is 6.07 Å². The SMILES string of the molecule is COc1cc(-c2cccc(F)c2)ncc1N(O)c1ccc(S(=O)Oc2c(F)c(F)c(F)c(F)c2F)cc1C. The van der Waals surface area contributed by atoms with Crippen LogP contribution >= 0.6 is 0 Å². The normalized spacial score (nSPS) is 11.8. The van der Waals surface area contributed by atoms with Crippen LogP contribution in [-0.4, -0.2) is 21.5 Å². The standard InChI is InChI=1S/C25H16F6N2O4S/c1-12-8-15(38(35)37-25-23(30)21(28)20(27)22(29)24(25)31)6-7-17(12)33(34)18-11-32-16(10-19(18)36-2)13-4-3-5-14(26)9-13/h3-11,34H,1-2H3. The molecular formula is C25H16F6N2O4S. The Morgan fingerprint density at radius 3 is 2.13 bits per heavy atom. The molecule has 4 aromatic rings. The van der Waals surface area contributed by atoms with Crippen molar-refractivity contribution in [2.45, 2.75) is 11.8 Å². The van der Waals surface area contributed by atoms with Crippen molar-refractivity contribution in [3.63, 3.8) is 0 Å². The van der Waals surface area contributed by atoms with Crippen molar-refractivity contribution < 1.29 is 44.7 Å². The monoisotopic (exact) mass is 554 g/mol. The molecule has 3 aromatic carbocycles. The molecule has 1 heterocycles. The number of aromatic nitrogens is 1. The van der Waals surface area contributed by atoms with Crippen LogP contribution in [0.1, 0.15) is 5.56 Å². The second-order valence-electron chi connectivity index (χ2n) is 7.73. The van der Waals surface area contributed by atoms with Crippen LogP contribution in [0.25, 0.3) is 11.3 Å². The molecule has 1 N–H and O–H groups in total. The Balaban J connectivity index is 1.62. The summed E-state index contributed by atoms with van der Waals surface area (Å²) in [6, 6.07) is 10.8. The van der Waals surface area contributed by atoms with Gasteiger partial charge in [-0.25, -0.2) is 26.8 Å². The van der Waals surface area contributed by atoms with Gasteiger partial charge in [0.05, 0.1) is 29.6 Å². The van der Waals surface area contributed by atoms with Crippen LogP contribution in [0, 0.1) is 41.8 Å². The lowest BCUT2D eigenvalue weighted by atomic mass is 10.1. The number of methoxy groups -OCH3 is 1. The van der Waals surface area contributed by atoms with Gasteiger partial charge in [0.25, 0.3) is 0 Å². The van der Waals surface area contributed by atoms with Crippen LogP contribution in [0.4, 0.5) is 37.7 Å². The Morgan fingerprint density at radius 1 is 0.868 bits per heavy atom. The third-order valence-electron chi connectivity index (χ3n) is 5.33. The second-order valence-corrected chi connectivity index (χ2v) is 8.84. The smallest absolute Gasteiger partial charge is 0.240 e. The highest BCUT2D eigenvalue weighted by Gasteiger charge is 2.29. The van der Waals surface area contributed by atoms with E-state index in [0.717, 1.165) is 6.07 Å². The van der Waals surface area contributed by atoms with E-state index in [0.29, 0.717) is 16.3 Å². The lowest BCUT2D eigenvalue weighted by Gasteiger charge is -2.22. The third-order valence-corrected chi connectivity index (χ3v) is 6.29. The molecule has 0 saturated carbocycles. The predicted molar refractivity (Wildman–Crippen MR) is 125 cm³/mol. The third kappa shape index (κ3) is 5.02. The number of hydrogen-bond acceptors (Lipinski definition) is 6. The van der Waals surface area contributed by atoms with E-state index in [4.69, 9.17) is 4.74 Å². The molecule has 1 atom stereocenters. The number of ether oxygens (including phenoxy) is 1. The Bertz CT molecular complexity index is 1540. The molecule has 198 valence electrons. The van der Waals surface area contributed by atoms with Gasteiger partial charge in [-0.3, -0.25) is 10.2 Å². The summed E-state index contributed by atoms with van der Waals surface area (Å²) in [6.07, 6.45) is 1.27. The fourth-order valence-corrected chi connectivity index (χ4v) is 4.28. The minimum atomic E-state index is -2.69. The molecule has 0 bridgehead atoms. The van der Waals surface area contributed by atoms with Crippen LogP contribution in [-0.2, 0) is 11.1 Å². The van der Waals surface area contributed by atoms with Gasteiger partial charge in [-0.1, -0.05) is 12.1 Å². The van der Waals surface area contributed by atoms with Crippen LogP contribution in [0.15, 0.2) is 59.6 Å². The van der Waals surface area contributed by atoms with Crippen molar-refractivity contribution in [2.75, 3.05) is 12.2 Å². The molecule has 0 saturated heterocycles. The minimum absolute atomic E-state index is 0.0854. The van der Waals surface area contributed by atoms with Gasteiger partial charge in [0.15, 0.2) is 0 Å². The van der Waals surface area contributed by atoms with Crippen LogP contribution < -0.4 is 14.0 Å². The van der Waals surface area contributed by atoms with Crippen molar-refractivity contribution >= 4 is 22.5 Å². The van der Waals surface area contributed by atoms with Gasteiger partial charge in [-0.05, 0) is 42.8 Å². The molecule has 6 nitrogen and oxygen atoms in total. The Labute approximate surface area is 214 Å². The van der Waals surface area contributed by atoms with Gasteiger partial charge in [0.1, 0.15) is 17.3 Å². The zero-order chi connectivity index (χ0) is 27.7. The summed E-state index contributed by atoms with van der Waals surface area (Å²) in [7, 11) is 1.35. The van der Waals surface area contributed by atoms with E-state index >= 15 is 0 Å². The van der Waals surface area contributed by atoms with Gasteiger partial charge >= 0.3 is 0 Å². The average molecular weight is 554 g/mol. The van der Waals surface area contributed by atoms with E-state index in [1.165, 1.54) is 56.6 Å². The molecule has 0 radical (unpaired) electrons. The summed E-state index contributed by atoms with van der Waals surface area (Å²) < 4.78 is 104. The van der Waals surface area contributed by atoms with E-state index in [9.17, 15) is 35.8 Å². The zero-order valence-corrected chi connectivity index (χ0v) is 20.3. The number of pyridine rings is 1. The summed E-state index contributed by atoms with van der Waals surface area (Å²) in [5.41, 5.74) is 1.33. The summed E-state index contributed by atoms with van der Waals surface area (Å²) in [5.74, 6) is -13.4. The Hall–Kier alpha value is -4.10. The molecule has 4 rings (SSSR count). The number of rotatable bonds is 7. The molecule has 0 spiro atoms. The maximum Gasteiger partial charge on any atom is 0.240 e. The number of benzene rings is 3. The summed E-state index contributed by atoms with van der Waals surface area (Å²) in [6.45, 7) is 1.48. The van der Waals surface area contributed by atoms with Gasteiger partial charge in [0, 0.05) is 11.6 Å². The molecule has 13 heteroatoms. The highest BCUT2D eigenvalue weighted by atomic mass is 32.2. The lowest BCUT2D eigenvalue weighted by Crippen LogP contribution is -2.14. The van der Waals surface area contributed by atoms with E-state index < -0.39 is 51.7 Å². The van der Waals surface area contributed by atoms with E-state index in [1.807, 2.05) is 0 Å². The van der Waals surface area contributed by atoms with Crippen molar-refractivity contribution in [3.05, 3.63) is 95.2 Å². The Morgan fingerprint density at radius 2 is 1.53 bits per heavy atom. The zero-order valence-electron chi connectivity index (χ0n) is 19.4. The molecule has 38 heavy (non-hydrogen) atoms. The molecule has 1 aromatic heterocycles. The van der Waals surface area contributed by atoms with Crippen molar-refractivity contribution in [1.82, 2.24) is 4.98 Å². The fraction of sp³-hybridized carbons (Fsp3) is 0.0800. The number of nitrogens with zero attached hydrogens (tertiary/aromatic N) is 2. The second kappa shape index (κ2) is 10.7. The van der Waals surface area contributed by atoms with Crippen molar-refractivity contribution in [3.8, 4) is 22.8 Å². The van der Waals surface area contributed by atoms with Crippen LogP contribution in [0.3, 0.4) is 0 Å². The highest BCUT2D eigenvalue weighted by molar-refractivity contribution is 7.80. The van der Waals surface area contributed by atoms with Crippen LogP contribution in [0.5, 0.6) is 11.5 Å². The molecule has 0 fully saturated rings. The summed E-state index contributed by atoms with van der Waals surface area (Å²) >= 11 is -2.69. The quantitative estimate of drug-likeness (QED) is 0.121. The molecule has 0 amide bonds. The van der Waals surface area contributed by atoms with Crippen LogP contribution in [0.2, 0.25) is 0 Å². The van der Waals surface area contributed by atoms with Gasteiger partial charge in [0.2, 0.25) is 45.9 Å². The predicted octanol–water partition coefficient (Wildman–Crippen LogP) is 6.53. The lowest BCUT2D eigenvalue weighted by molar-refractivity contribution is 0.294. The highest BCUT2D eigenvalue weighted by Crippen LogP contribution is 2.37. The topological polar surface area (TPSA) is 71.9 Å². The number of halogens is 6. The first-order valence-electron chi connectivity index (χ1n) is 10.5. The largest absolute Gasteiger partial charge is 0.494 e. The first-order valence-corrected chi connectivity index (χ1v) is 11.6. The molecule has 0 aliphatic rings. The van der Waals surface area contributed by atoms with Crippen molar-refractivity contribution in [2.24, 2.45) is 0 Å². The molecule has 0 aliphatic carbocycles. The maximum absolute atomic E-state index is 13.9. The molecular weight excluding hydrogens is 538 g/mol. The number of anilines is 2. The number of aryl methyl sites for hydroxylation is 1. The Kier molecular flexibility index (Phi) is 7.60. The first kappa shape index (κ1) is 26.9. The fourth-order valence-electron chi connectivity index (χ4n) is 3.44. The molecule has 0 aliphatic heterocycles. The van der Waals surface area contributed by atoms with Crippen molar-refractivity contribution in [1.29, 1.82) is 0 Å². The average Bonchev–Trinajstić information content (AvgIpc) is 2.92. The van der Waals surface area contributed by atoms with Gasteiger partial charge in [-0.2, -0.15) is 8.78 Å².